The van der Waals surface area contributed by atoms with Gasteiger partial charge in [-0.3, -0.25) is 0 Å². The summed E-state index contributed by atoms with van der Waals surface area (Å²) in [5, 5.41) is 0.0299. The van der Waals surface area contributed by atoms with Crippen LogP contribution in [-0.2, 0) is 17.1 Å². The Bertz CT molecular complexity index is 472. The summed E-state index contributed by atoms with van der Waals surface area (Å²) in [6.45, 7) is 5.40. The lowest BCUT2D eigenvalue weighted by Gasteiger charge is -2.25. The first-order valence-corrected chi connectivity index (χ1v) is 7.36. The van der Waals surface area contributed by atoms with E-state index in [0.29, 0.717) is 12.2 Å². The van der Waals surface area contributed by atoms with Crippen LogP contribution < -0.4 is 4.72 Å². The molecule has 17 heavy (non-hydrogen) atoms. The maximum absolute atomic E-state index is 12.1. The van der Waals surface area contributed by atoms with Crippen LogP contribution in [0.25, 0.3) is 0 Å². The topological polar surface area (TPSA) is 64.0 Å². The van der Waals surface area contributed by atoms with Gasteiger partial charge in [0.1, 0.15) is 5.82 Å². The van der Waals surface area contributed by atoms with Crippen molar-refractivity contribution in [3.63, 3.8) is 0 Å². The minimum Gasteiger partial charge on any atom is -0.337 e. The minimum atomic E-state index is -3.61. The first-order chi connectivity index (χ1) is 7.74. The van der Waals surface area contributed by atoms with Crippen molar-refractivity contribution in [1.29, 1.82) is 0 Å². The van der Waals surface area contributed by atoms with Gasteiger partial charge in [0.05, 0.1) is 0 Å². The molecular formula is C10H18ClN3O2S. The maximum atomic E-state index is 12.1. The fraction of sp³-hybridized carbons (Fsp3) is 0.700. The molecular weight excluding hydrogens is 262 g/mol. The van der Waals surface area contributed by atoms with Crippen LogP contribution >= 0.6 is 11.6 Å². The Morgan fingerprint density at radius 2 is 2.18 bits per heavy atom. The highest BCUT2D eigenvalue weighted by molar-refractivity contribution is 7.89. The van der Waals surface area contributed by atoms with Crippen LogP contribution in [0.3, 0.4) is 0 Å². The predicted octanol–water partition coefficient (Wildman–Crippen LogP) is 1.41. The van der Waals surface area contributed by atoms with Crippen molar-refractivity contribution in [3.05, 3.63) is 12.0 Å². The standard InChI is InChI=1S/C10H18ClN3O2S/c1-5-10(3,7-11)13-17(15,16)9-6-14(4)8(2)12-9/h6,13H,5,7H2,1-4H3. The molecule has 0 saturated heterocycles. The number of sulfonamides is 1. The molecule has 5 nitrogen and oxygen atoms in total. The van der Waals surface area contributed by atoms with Gasteiger partial charge in [0.2, 0.25) is 0 Å². The van der Waals surface area contributed by atoms with E-state index in [1.165, 1.54) is 6.20 Å². The molecule has 1 aromatic heterocycles. The lowest BCUT2D eigenvalue weighted by atomic mass is 10.0. The number of hydrogen-bond acceptors (Lipinski definition) is 3. The van der Waals surface area contributed by atoms with Gasteiger partial charge in [-0.15, -0.1) is 11.6 Å². The molecule has 7 heteroatoms. The molecule has 0 aliphatic rings. The van der Waals surface area contributed by atoms with E-state index in [9.17, 15) is 8.42 Å². The van der Waals surface area contributed by atoms with Crippen molar-refractivity contribution < 1.29 is 8.42 Å². The van der Waals surface area contributed by atoms with E-state index in [1.54, 1.807) is 25.5 Å². The first kappa shape index (κ1) is 14.5. The van der Waals surface area contributed by atoms with E-state index >= 15 is 0 Å². The maximum Gasteiger partial charge on any atom is 0.260 e. The van der Waals surface area contributed by atoms with Crippen molar-refractivity contribution in [1.82, 2.24) is 14.3 Å². The first-order valence-electron chi connectivity index (χ1n) is 5.34. The third-order valence-corrected chi connectivity index (χ3v) is 4.92. The molecule has 0 bridgehead atoms. The van der Waals surface area contributed by atoms with E-state index in [0.717, 1.165) is 0 Å². The van der Waals surface area contributed by atoms with Gasteiger partial charge in [0.15, 0.2) is 5.03 Å². The lowest BCUT2D eigenvalue weighted by Crippen LogP contribution is -2.47. The van der Waals surface area contributed by atoms with Gasteiger partial charge in [-0.1, -0.05) is 6.92 Å². The second-order valence-electron chi connectivity index (χ2n) is 4.39. The highest BCUT2D eigenvalue weighted by Gasteiger charge is 2.29. The number of nitrogens with one attached hydrogen (secondary N) is 1. The SMILES string of the molecule is CCC(C)(CCl)NS(=O)(=O)c1cn(C)c(C)n1. The molecule has 1 N–H and O–H groups in total. The van der Waals surface area contributed by atoms with Crippen molar-refractivity contribution >= 4 is 21.6 Å². The van der Waals surface area contributed by atoms with Crippen LogP contribution in [0.4, 0.5) is 0 Å². The van der Waals surface area contributed by atoms with E-state index in [-0.39, 0.29) is 10.9 Å². The monoisotopic (exact) mass is 279 g/mol. The predicted molar refractivity (Wildman–Crippen MR) is 67.7 cm³/mol. The Hall–Kier alpha value is -0.590. The summed E-state index contributed by atoms with van der Waals surface area (Å²) in [6.07, 6.45) is 2.10. The number of aromatic nitrogens is 2. The molecule has 0 spiro atoms. The minimum absolute atomic E-state index is 0.0299. The van der Waals surface area contributed by atoms with E-state index in [2.05, 4.69) is 9.71 Å². The number of imidazole rings is 1. The molecule has 98 valence electrons. The van der Waals surface area contributed by atoms with Crippen LogP contribution in [-0.4, -0.2) is 29.4 Å². The molecule has 0 radical (unpaired) electrons. The van der Waals surface area contributed by atoms with Crippen LogP contribution in [0, 0.1) is 6.92 Å². The zero-order valence-electron chi connectivity index (χ0n) is 10.5. The zero-order valence-corrected chi connectivity index (χ0v) is 12.1. The molecule has 0 saturated carbocycles. The Morgan fingerprint density at radius 1 is 1.59 bits per heavy atom. The van der Waals surface area contributed by atoms with E-state index in [1.807, 2.05) is 6.92 Å². The normalized spacial score (nSPS) is 15.8. The largest absolute Gasteiger partial charge is 0.337 e. The molecule has 0 aliphatic heterocycles. The van der Waals surface area contributed by atoms with Crippen LogP contribution in [0.2, 0.25) is 0 Å². The number of hydrogen-bond donors (Lipinski definition) is 1. The second-order valence-corrected chi connectivity index (χ2v) is 6.29. The van der Waals surface area contributed by atoms with Crippen molar-refractivity contribution in [2.24, 2.45) is 7.05 Å². The van der Waals surface area contributed by atoms with Gasteiger partial charge in [-0.05, 0) is 20.3 Å². The summed E-state index contributed by atoms with van der Waals surface area (Å²) >= 11 is 5.79. The molecule has 1 atom stereocenters. The third-order valence-electron chi connectivity index (χ3n) is 2.82. The van der Waals surface area contributed by atoms with Gasteiger partial charge in [0, 0.05) is 24.7 Å². The average molecular weight is 280 g/mol. The summed E-state index contributed by atoms with van der Waals surface area (Å²) in [6, 6.07) is 0. The van der Waals surface area contributed by atoms with Crippen LogP contribution in [0.15, 0.2) is 11.2 Å². The highest BCUT2D eigenvalue weighted by Crippen LogP contribution is 2.16. The lowest BCUT2D eigenvalue weighted by molar-refractivity contribution is 0.443. The quantitative estimate of drug-likeness (QED) is 0.829. The summed E-state index contributed by atoms with van der Waals surface area (Å²) in [5.41, 5.74) is -0.647. The van der Waals surface area contributed by atoms with E-state index < -0.39 is 15.6 Å². The van der Waals surface area contributed by atoms with Crippen molar-refractivity contribution in [2.75, 3.05) is 5.88 Å². The Kier molecular flexibility index (Phi) is 4.22. The van der Waals surface area contributed by atoms with Gasteiger partial charge in [0.25, 0.3) is 10.0 Å². The van der Waals surface area contributed by atoms with Gasteiger partial charge >= 0.3 is 0 Å². The van der Waals surface area contributed by atoms with Crippen LogP contribution in [0.5, 0.6) is 0 Å². The number of aryl methyl sites for hydroxylation is 2. The van der Waals surface area contributed by atoms with E-state index in [4.69, 9.17) is 11.6 Å². The summed E-state index contributed by atoms with van der Waals surface area (Å²) in [5.74, 6) is 0.864. The number of nitrogens with zero attached hydrogens (tertiary/aromatic N) is 2. The summed E-state index contributed by atoms with van der Waals surface area (Å²) in [7, 11) is -1.86. The Labute approximate surface area is 107 Å². The molecule has 0 aliphatic carbocycles. The smallest absolute Gasteiger partial charge is 0.260 e. The molecule has 1 heterocycles. The van der Waals surface area contributed by atoms with Crippen LogP contribution in [0.1, 0.15) is 26.1 Å². The number of rotatable bonds is 5. The highest BCUT2D eigenvalue weighted by atomic mass is 35.5. The van der Waals surface area contributed by atoms with Gasteiger partial charge < -0.3 is 4.57 Å². The molecule has 0 fully saturated rings. The second kappa shape index (κ2) is 4.96. The Morgan fingerprint density at radius 3 is 2.53 bits per heavy atom. The Balaban J connectivity index is 3.04. The molecule has 1 aromatic rings. The van der Waals surface area contributed by atoms with Gasteiger partial charge in [-0.25, -0.2) is 18.1 Å². The van der Waals surface area contributed by atoms with Gasteiger partial charge in [-0.2, -0.15) is 0 Å². The zero-order chi connectivity index (χ0) is 13.3. The summed E-state index contributed by atoms with van der Waals surface area (Å²) < 4.78 is 28.4. The third kappa shape index (κ3) is 3.20. The van der Waals surface area contributed by atoms with Crippen molar-refractivity contribution in [2.45, 2.75) is 37.8 Å². The number of halogens is 1. The molecule has 0 aromatic carbocycles. The molecule has 0 amide bonds. The fourth-order valence-corrected chi connectivity index (χ4v) is 3.08. The fourth-order valence-electron chi connectivity index (χ4n) is 1.23. The average Bonchev–Trinajstić information content (AvgIpc) is 2.59. The summed E-state index contributed by atoms with van der Waals surface area (Å²) in [4.78, 5) is 4.00. The van der Waals surface area contributed by atoms with Crippen molar-refractivity contribution in [3.8, 4) is 0 Å². The molecule has 1 rings (SSSR count). The molecule has 1 unspecified atom stereocenters. The number of alkyl halides is 1.